The van der Waals surface area contributed by atoms with Gasteiger partial charge in [-0.15, -0.1) is 0 Å². The van der Waals surface area contributed by atoms with Crippen molar-refractivity contribution in [1.82, 2.24) is 4.98 Å². The van der Waals surface area contributed by atoms with Crippen molar-refractivity contribution >= 4 is 16.9 Å². The van der Waals surface area contributed by atoms with Crippen molar-refractivity contribution < 1.29 is 9.53 Å². The third-order valence-electron chi connectivity index (χ3n) is 2.27. The SMILES string of the molecule is CCOC(=O)C(C)C.c1ccc2ncccc2c1. The van der Waals surface area contributed by atoms with E-state index in [9.17, 15) is 4.79 Å². The van der Waals surface area contributed by atoms with Gasteiger partial charge in [-0.25, -0.2) is 0 Å². The standard InChI is InChI=1S/C9H7N.C6H12O2/c1-2-6-9-8(4-1)5-3-7-10-9;1-4-8-6(7)5(2)3/h1-7H;5H,4H2,1-3H3. The molecule has 0 bridgehead atoms. The van der Waals surface area contributed by atoms with Gasteiger partial charge in [-0.2, -0.15) is 0 Å². The van der Waals surface area contributed by atoms with Gasteiger partial charge in [0, 0.05) is 11.6 Å². The van der Waals surface area contributed by atoms with Gasteiger partial charge in [0.05, 0.1) is 18.0 Å². The van der Waals surface area contributed by atoms with Crippen LogP contribution in [0.25, 0.3) is 10.9 Å². The maximum absolute atomic E-state index is 10.5. The molecule has 0 saturated carbocycles. The number of fused-ring (bicyclic) bond motifs is 1. The second kappa shape index (κ2) is 7.43. The molecule has 0 amide bonds. The van der Waals surface area contributed by atoms with E-state index < -0.39 is 0 Å². The molecule has 0 spiro atoms. The van der Waals surface area contributed by atoms with Crippen molar-refractivity contribution in [2.24, 2.45) is 5.92 Å². The summed E-state index contributed by atoms with van der Waals surface area (Å²) < 4.78 is 4.66. The van der Waals surface area contributed by atoms with Crippen LogP contribution in [0.5, 0.6) is 0 Å². The number of benzene rings is 1. The molecule has 0 aliphatic carbocycles. The molecule has 3 heteroatoms. The lowest BCUT2D eigenvalue weighted by Gasteiger charge is -2.01. The van der Waals surface area contributed by atoms with Gasteiger partial charge < -0.3 is 4.74 Å². The second-order valence-electron chi connectivity index (χ2n) is 4.10. The van der Waals surface area contributed by atoms with Gasteiger partial charge in [0.2, 0.25) is 0 Å². The van der Waals surface area contributed by atoms with E-state index in [2.05, 4.69) is 21.9 Å². The van der Waals surface area contributed by atoms with E-state index in [4.69, 9.17) is 0 Å². The zero-order chi connectivity index (χ0) is 13.4. The zero-order valence-electron chi connectivity index (χ0n) is 11.1. The predicted molar refractivity (Wildman–Crippen MR) is 73.2 cm³/mol. The molecule has 0 saturated heterocycles. The Hall–Kier alpha value is -1.90. The third-order valence-corrected chi connectivity index (χ3v) is 2.27. The number of esters is 1. The molecule has 0 aliphatic rings. The van der Waals surface area contributed by atoms with Gasteiger partial charge in [-0.1, -0.05) is 38.1 Å². The Bertz CT molecular complexity index is 429. The highest BCUT2D eigenvalue weighted by atomic mass is 16.5. The van der Waals surface area contributed by atoms with Gasteiger partial charge in [0.25, 0.3) is 0 Å². The number of rotatable bonds is 2. The highest BCUT2D eigenvalue weighted by Crippen LogP contribution is 2.07. The van der Waals surface area contributed by atoms with E-state index >= 15 is 0 Å². The lowest BCUT2D eigenvalue weighted by Crippen LogP contribution is -2.10. The number of aromatic nitrogens is 1. The number of pyridine rings is 1. The highest BCUT2D eigenvalue weighted by Gasteiger charge is 2.04. The normalized spacial score (nSPS) is 9.78. The van der Waals surface area contributed by atoms with Crippen molar-refractivity contribution in [3.63, 3.8) is 0 Å². The average Bonchev–Trinajstić information content (AvgIpc) is 2.40. The molecule has 1 aromatic heterocycles. The zero-order valence-corrected chi connectivity index (χ0v) is 11.1. The first kappa shape index (κ1) is 14.2. The molecule has 0 fully saturated rings. The van der Waals surface area contributed by atoms with Gasteiger partial charge >= 0.3 is 5.97 Å². The molecule has 0 N–H and O–H groups in total. The van der Waals surface area contributed by atoms with Crippen LogP contribution in [0, 0.1) is 5.92 Å². The van der Waals surface area contributed by atoms with E-state index in [1.807, 2.05) is 44.3 Å². The van der Waals surface area contributed by atoms with Crippen molar-refractivity contribution in [3.05, 3.63) is 42.6 Å². The summed E-state index contributed by atoms with van der Waals surface area (Å²) in [7, 11) is 0. The minimum atomic E-state index is -0.118. The number of ether oxygens (including phenoxy) is 1. The second-order valence-corrected chi connectivity index (χ2v) is 4.10. The largest absolute Gasteiger partial charge is 0.466 e. The van der Waals surface area contributed by atoms with Gasteiger partial charge in [-0.3, -0.25) is 9.78 Å². The van der Waals surface area contributed by atoms with Crippen LogP contribution in [-0.4, -0.2) is 17.6 Å². The Morgan fingerprint density at radius 3 is 2.44 bits per heavy atom. The number of hydrogen-bond donors (Lipinski definition) is 0. The molecule has 3 nitrogen and oxygen atoms in total. The lowest BCUT2D eigenvalue weighted by molar-refractivity contribution is -0.146. The summed E-state index contributed by atoms with van der Waals surface area (Å²) in [5.74, 6) is -0.109. The Morgan fingerprint density at radius 2 is 1.89 bits per heavy atom. The maximum Gasteiger partial charge on any atom is 0.308 e. The van der Waals surface area contributed by atoms with Crippen LogP contribution in [0.3, 0.4) is 0 Å². The highest BCUT2D eigenvalue weighted by molar-refractivity contribution is 5.77. The van der Waals surface area contributed by atoms with Gasteiger partial charge in [0.15, 0.2) is 0 Å². The van der Waals surface area contributed by atoms with Gasteiger partial charge in [0.1, 0.15) is 0 Å². The first-order chi connectivity index (χ1) is 8.65. The summed E-state index contributed by atoms with van der Waals surface area (Å²) >= 11 is 0. The fourth-order valence-electron chi connectivity index (χ4n) is 1.32. The van der Waals surface area contributed by atoms with Crippen LogP contribution in [0.4, 0.5) is 0 Å². The summed E-state index contributed by atoms with van der Waals surface area (Å²) in [6.07, 6.45) is 1.81. The third kappa shape index (κ3) is 4.53. The van der Waals surface area contributed by atoms with E-state index in [1.165, 1.54) is 5.39 Å². The first-order valence-electron chi connectivity index (χ1n) is 6.11. The Labute approximate surface area is 108 Å². The summed E-state index contributed by atoms with van der Waals surface area (Å²) in [6, 6.07) is 12.1. The number of carbonyl (C=O) groups is 1. The molecule has 2 aromatic rings. The smallest absolute Gasteiger partial charge is 0.308 e. The van der Waals surface area contributed by atoms with Crippen molar-refractivity contribution in [2.75, 3.05) is 6.61 Å². The maximum atomic E-state index is 10.5. The van der Waals surface area contributed by atoms with Crippen LogP contribution in [-0.2, 0) is 9.53 Å². The Balaban J connectivity index is 0.000000187. The fourth-order valence-corrected chi connectivity index (χ4v) is 1.32. The summed E-state index contributed by atoms with van der Waals surface area (Å²) in [4.78, 5) is 14.7. The molecule has 1 heterocycles. The van der Waals surface area contributed by atoms with E-state index in [1.54, 1.807) is 6.92 Å². The Kier molecular flexibility index (Phi) is 5.85. The first-order valence-corrected chi connectivity index (χ1v) is 6.11. The number of hydrogen-bond acceptors (Lipinski definition) is 3. The minimum absolute atomic E-state index is 0.00921. The number of carbonyl (C=O) groups excluding carboxylic acids is 1. The van der Waals surface area contributed by atoms with Crippen molar-refractivity contribution in [2.45, 2.75) is 20.8 Å². The molecule has 18 heavy (non-hydrogen) atoms. The number of para-hydroxylation sites is 1. The summed E-state index contributed by atoms with van der Waals surface area (Å²) in [5, 5.41) is 1.20. The number of nitrogens with zero attached hydrogens (tertiary/aromatic N) is 1. The summed E-state index contributed by atoms with van der Waals surface area (Å²) in [6.45, 7) is 5.92. The van der Waals surface area contributed by atoms with Crippen molar-refractivity contribution in [3.8, 4) is 0 Å². The molecule has 0 radical (unpaired) electrons. The average molecular weight is 245 g/mol. The van der Waals surface area contributed by atoms with E-state index in [0.29, 0.717) is 6.61 Å². The molecule has 0 atom stereocenters. The molecule has 0 aliphatic heterocycles. The topological polar surface area (TPSA) is 39.2 Å². The molecule has 96 valence electrons. The lowest BCUT2D eigenvalue weighted by atomic mass is 10.2. The monoisotopic (exact) mass is 245 g/mol. The minimum Gasteiger partial charge on any atom is -0.466 e. The fraction of sp³-hybridized carbons (Fsp3) is 0.333. The summed E-state index contributed by atoms with van der Waals surface area (Å²) in [5.41, 5.74) is 1.06. The molecule has 0 unspecified atom stereocenters. The van der Waals surface area contributed by atoms with Crippen LogP contribution in [0.1, 0.15) is 20.8 Å². The van der Waals surface area contributed by atoms with Crippen LogP contribution >= 0.6 is 0 Å². The Morgan fingerprint density at radius 1 is 1.22 bits per heavy atom. The van der Waals surface area contributed by atoms with Crippen LogP contribution < -0.4 is 0 Å². The quantitative estimate of drug-likeness (QED) is 0.761. The van der Waals surface area contributed by atoms with Crippen LogP contribution in [0.15, 0.2) is 42.6 Å². The molecule has 2 rings (SSSR count). The predicted octanol–water partition coefficient (Wildman–Crippen LogP) is 3.44. The van der Waals surface area contributed by atoms with E-state index in [0.717, 1.165) is 5.52 Å². The molecular formula is C15H19NO2. The molecule has 1 aromatic carbocycles. The molecular weight excluding hydrogens is 226 g/mol. The van der Waals surface area contributed by atoms with E-state index in [-0.39, 0.29) is 11.9 Å². The van der Waals surface area contributed by atoms with Crippen LogP contribution in [0.2, 0.25) is 0 Å². The van der Waals surface area contributed by atoms with Crippen molar-refractivity contribution in [1.29, 1.82) is 0 Å². The van der Waals surface area contributed by atoms with Gasteiger partial charge in [-0.05, 0) is 19.1 Å².